The van der Waals surface area contributed by atoms with Crippen molar-refractivity contribution < 1.29 is 4.52 Å². The minimum atomic E-state index is 0.481. The van der Waals surface area contributed by atoms with E-state index in [-0.39, 0.29) is 0 Å². The normalized spacial score (nSPS) is 13.0. The highest BCUT2D eigenvalue weighted by Gasteiger charge is 2.09. The van der Waals surface area contributed by atoms with Gasteiger partial charge < -0.3 is 4.52 Å². The lowest BCUT2D eigenvalue weighted by Gasteiger charge is -2.13. The molecule has 0 aliphatic rings. The van der Waals surface area contributed by atoms with Crippen molar-refractivity contribution in [2.75, 3.05) is 0 Å². The smallest absolute Gasteiger partial charge is 0.166 e. The number of hydrogen-bond acceptors (Lipinski definition) is 2. The molecule has 0 saturated carbocycles. The second-order valence-corrected chi connectivity index (χ2v) is 6.12. The zero-order chi connectivity index (χ0) is 14.8. The number of rotatable bonds is 4. The third kappa shape index (κ3) is 2.99. The Morgan fingerprint density at radius 3 is 2.38 bits per heavy atom. The zero-order valence-corrected chi connectivity index (χ0v) is 12.8. The summed E-state index contributed by atoms with van der Waals surface area (Å²) in [6.07, 6.45) is 2.83. The van der Waals surface area contributed by atoms with E-state index in [1.165, 1.54) is 16.7 Å². The Hall–Kier alpha value is -2.09. The molecule has 3 rings (SSSR count). The molecular weight excluding hydrogens is 258 g/mol. The average Bonchev–Trinajstić information content (AvgIpc) is 2.95. The maximum Gasteiger partial charge on any atom is 0.166 e. The van der Waals surface area contributed by atoms with E-state index in [4.69, 9.17) is 4.52 Å². The Kier molecular flexibility index (Phi) is 3.78. The van der Waals surface area contributed by atoms with Crippen LogP contribution in [0.15, 0.2) is 53.2 Å². The van der Waals surface area contributed by atoms with Crippen molar-refractivity contribution in [1.82, 2.24) is 5.16 Å². The maximum atomic E-state index is 5.16. The lowest BCUT2D eigenvalue weighted by atomic mass is 9.92. The van der Waals surface area contributed by atoms with Gasteiger partial charge in [0.15, 0.2) is 5.58 Å². The Labute approximate surface area is 125 Å². The Morgan fingerprint density at radius 2 is 1.67 bits per heavy atom. The quantitative estimate of drug-likeness (QED) is 0.648. The molecule has 2 aromatic carbocycles. The van der Waals surface area contributed by atoms with Gasteiger partial charge in [0, 0.05) is 5.39 Å². The van der Waals surface area contributed by atoms with Crippen molar-refractivity contribution in [2.24, 2.45) is 0 Å². The first kappa shape index (κ1) is 13.9. The first-order chi connectivity index (χ1) is 10.1. The van der Waals surface area contributed by atoms with E-state index < -0.39 is 0 Å². The summed E-state index contributed by atoms with van der Waals surface area (Å²) >= 11 is 0. The molecule has 0 amide bonds. The standard InChI is InChI=1S/C19H21NO/c1-13(2)16-6-4-15(5-7-16)10-14(3)17-8-9-19-18(11-17)12-20-21-19/h4-9,11-14H,10H2,1-3H3. The summed E-state index contributed by atoms with van der Waals surface area (Å²) < 4.78 is 5.16. The Morgan fingerprint density at radius 1 is 0.952 bits per heavy atom. The van der Waals surface area contributed by atoms with Gasteiger partial charge in [0.05, 0.1) is 6.20 Å². The van der Waals surface area contributed by atoms with Crippen LogP contribution in [0.4, 0.5) is 0 Å². The Balaban J connectivity index is 1.77. The molecule has 0 aliphatic carbocycles. The number of aromatic nitrogens is 1. The van der Waals surface area contributed by atoms with Gasteiger partial charge in [-0.2, -0.15) is 0 Å². The molecule has 3 aromatic rings. The molecule has 2 heteroatoms. The molecule has 1 aromatic heterocycles. The monoisotopic (exact) mass is 279 g/mol. The zero-order valence-electron chi connectivity index (χ0n) is 12.8. The van der Waals surface area contributed by atoms with Gasteiger partial charge in [0.2, 0.25) is 0 Å². The summed E-state index contributed by atoms with van der Waals surface area (Å²) in [6.45, 7) is 6.72. The van der Waals surface area contributed by atoms with E-state index in [1.54, 1.807) is 6.20 Å². The van der Waals surface area contributed by atoms with Crippen molar-refractivity contribution in [2.45, 2.75) is 39.0 Å². The summed E-state index contributed by atoms with van der Waals surface area (Å²) in [5.41, 5.74) is 4.97. The van der Waals surface area contributed by atoms with Crippen molar-refractivity contribution in [3.63, 3.8) is 0 Å². The van der Waals surface area contributed by atoms with Crippen LogP contribution in [0.5, 0.6) is 0 Å². The van der Waals surface area contributed by atoms with Crippen molar-refractivity contribution in [1.29, 1.82) is 0 Å². The molecule has 0 fully saturated rings. The SMILES string of the molecule is CC(C)c1ccc(CC(C)c2ccc3oncc3c2)cc1. The summed E-state index contributed by atoms with van der Waals surface area (Å²) in [5.74, 6) is 1.07. The van der Waals surface area contributed by atoms with Crippen LogP contribution < -0.4 is 0 Å². The number of hydrogen-bond donors (Lipinski definition) is 0. The second-order valence-electron chi connectivity index (χ2n) is 6.12. The highest BCUT2D eigenvalue weighted by molar-refractivity contribution is 5.76. The number of fused-ring (bicyclic) bond motifs is 1. The maximum absolute atomic E-state index is 5.16. The molecule has 0 N–H and O–H groups in total. The molecule has 108 valence electrons. The molecule has 1 atom stereocenters. The lowest BCUT2D eigenvalue weighted by molar-refractivity contribution is 0.456. The molecule has 0 spiro atoms. The summed E-state index contributed by atoms with van der Waals surface area (Å²) in [5, 5.41) is 4.92. The fourth-order valence-electron chi connectivity index (χ4n) is 2.71. The van der Waals surface area contributed by atoms with Gasteiger partial charge in [-0.1, -0.05) is 56.3 Å². The van der Waals surface area contributed by atoms with Gasteiger partial charge in [-0.05, 0) is 47.1 Å². The minimum absolute atomic E-state index is 0.481. The molecule has 0 saturated heterocycles. The van der Waals surface area contributed by atoms with Gasteiger partial charge in [-0.25, -0.2) is 0 Å². The average molecular weight is 279 g/mol. The summed E-state index contributed by atoms with van der Waals surface area (Å²) in [4.78, 5) is 0. The topological polar surface area (TPSA) is 26.0 Å². The van der Waals surface area contributed by atoms with Crippen molar-refractivity contribution >= 4 is 11.0 Å². The summed E-state index contributed by atoms with van der Waals surface area (Å²) in [6, 6.07) is 15.3. The Bertz CT molecular complexity index is 725. The van der Waals surface area contributed by atoms with Crippen molar-refractivity contribution in [3.05, 3.63) is 65.4 Å². The highest BCUT2D eigenvalue weighted by atomic mass is 16.5. The van der Waals surface area contributed by atoms with Gasteiger partial charge in [0.1, 0.15) is 0 Å². The van der Waals surface area contributed by atoms with Gasteiger partial charge in [-0.3, -0.25) is 0 Å². The lowest BCUT2D eigenvalue weighted by Crippen LogP contribution is -1.99. The predicted molar refractivity (Wildman–Crippen MR) is 86.7 cm³/mol. The van der Waals surface area contributed by atoms with E-state index in [1.807, 2.05) is 6.07 Å². The van der Waals surface area contributed by atoms with Crippen LogP contribution in [-0.4, -0.2) is 5.16 Å². The number of nitrogens with zero attached hydrogens (tertiary/aromatic N) is 1. The van der Waals surface area contributed by atoms with Crippen LogP contribution in [0.25, 0.3) is 11.0 Å². The van der Waals surface area contributed by atoms with Crippen LogP contribution in [0.1, 0.15) is 49.3 Å². The van der Waals surface area contributed by atoms with Crippen LogP contribution in [0.2, 0.25) is 0 Å². The van der Waals surface area contributed by atoms with Crippen LogP contribution >= 0.6 is 0 Å². The molecule has 2 nitrogen and oxygen atoms in total. The molecule has 0 radical (unpaired) electrons. The first-order valence-corrected chi connectivity index (χ1v) is 7.56. The number of benzene rings is 2. The van der Waals surface area contributed by atoms with Gasteiger partial charge in [0.25, 0.3) is 0 Å². The van der Waals surface area contributed by atoms with E-state index in [0.29, 0.717) is 11.8 Å². The van der Waals surface area contributed by atoms with E-state index in [2.05, 4.69) is 62.3 Å². The van der Waals surface area contributed by atoms with E-state index in [0.717, 1.165) is 17.4 Å². The van der Waals surface area contributed by atoms with Crippen LogP contribution in [0.3, 0.4) is 0 Å². The third-order valence-electron chi connectivity index (χ3n) is 4.13. The molecule has 0 bridgehead atoms. The largest absolute Gasteiger partial charge is 0.356 e. The molecule has 1 unspecified atom stereocenters. The summed E-state index contributed by atoms with van der Waals surface area (Å²) in [7, 11) is 0. The van der Waals surface area contributed by atoms with Crippen LogP contribution in [0, 0.1) is 0 Å². The second kappa shape index (κ2) is 5.72. The van der Waals surface area contributed by atoms with Gasteiger partial charge in [-0.15, -0.1) is 0 Å². The van der Waals surface area contributed by atoms with Gasteiger partial charge >= 0.3 is 0 Å². The fraction of sp³-hybridized carbons (Fsp3) is 0.316. The molecule has 0 aliphatic heterocycles. The van der Waals surface area contributed by atoms with E-state index in [9.17, 15) is 0 Å². The van der Waals surface area contributed by atoms with E-state index >= 15 is 0 Å². The van der Waals surface area contributed by atoms with Crippen LogP contribution in [-0.2, 0) is 6.42 Å². The third-order valence-corrected chi connectivity index (χ3v) is 4.13. The fourth-order valence-corrected chi connectivity index (χ4v) is 2.71. The highest BCUT2D eigenvalue weighted by Crippen LogP contribution is 2.25. The first-order valence-electron chi connectivity index (χ1n) is 7.56. The molecule has 21 heavy (non-hydrogen) atoms. The molecular formula is C19H21NO. The minimum Gasteiger partial charge on any atom is -0.356 e. The van der Waals surface area contributed by atoms with Crippen molar-refractivity contribution in [3.8, 4) is 0 Å². The molecule has 1 heterocycles. The predicted octanol–water partition coefficient (Wildman–Crippen LogP) is 5.30.